The number of nitrogens with zero attached hydrogens (tertiary/aromatic N) is 1. The van der Waals surface area contributed by atoms with Gasteiger partial charge in [0, 0.05) is 5.56 Å². The van der Waals surface area contributed by atoms with Gasteiger partial charge in [-0.25, -0.2) is 0 Å². The molecule has 1 amide bonds. The van der Waals surface area contributed by atoms with E-state index in [-0.39, 0.29) is 18.2 Å². The van der Waals surface area contributed by atoms with Gasteiger partial charge in [-0.05, 0) is 43.5 Å². The highest BCUT2D eigenvalue weighted by atomic mass is 16.7. The van der Waals surface area contributed by atoms with Gasteiger partial charge in [0.2, 0.25) is 6.79 Å². The van der Waals surface area contributed by atoms with Crippen LogP contribution >= 0.6 is 0 Å². The molecule has 2 heterocycles. The Hall–Kier alpha value is -1.75. The molecule has 1 aromatic rings. The van der Waals surface area contributed by atoms with Crippen molar-refractivity contribution in [2.75, 3.05) is 20.0 Å². The van der Waals surface area contributed by atoms with E-state index in [1.165, 1.54) is 0 Å². The largest absolute Gasteiger partial charge is 0.454 e. The summed E-state index contributed by atoms with van der Waals surface area (Å²) in [6.45, 7) is 3.92. The number of benzene rings is 1. The van der Waals surface area contributed by atoms with E-state index in [2.05, 4.69) is 12.2 Å². The molecule has 1 saturated carbocycles. The van der Waals surface area contributed by atoms with Crippen LogP contribution in [-0.2, 0) is 5.54 Å². The second-order valence-corrected chi connectivity index (χ2v) is 5.67. The topological polar surface area (TPSA) is 50.8 Å². The van der Waals surface area contributed by atoms with Crippen molar-refractivity contribution in [2.45, 2.75) is 31.7 Å². The number of hydrogen-bond donors (Lipinski definition) is 1. The normalized spacial score (nSPS) is 20.6. The van der Waals surface area contributed by atoms with E-state index in [1.54, 1.807) is 0 Å². The van der Waals surface area contributed by atoms with Gasteiger partial charge >= 0.3 is 0 Å². The van der Waals surface area contributed by atoms with Crippen LogP contribution in [0.4, 0.5) is 0 Å². The summed E-state index contributed by atoms with van der Waals surface area (Å²) in [7, 11) is 0. The van der Waals surface area contributed by atoms with Gasteiger partial charge < -0.3 is 14.4 Å². The van der Waals surface area contributed by atoms with Gasteiger partial charge in [-0.1, -0.05) is 6.92 Å². The summed E-state index contributed by atoms with van der Waals surface area (Å²) in [6.07, 6.45) is 3.15. The Bertz CT molecular complexity index is 581. The van der Waals surface area contributed by atoms with E-state index in [9.17, 15) is 4.79 Å². The van der Waals surface area contributed by atoms with Crippen LogP contribution in [0, 0.1) is 0 Å². The average molecular weight is 274 g/mol. The fraction of sp³-hybridized carbons (Fsp3) is 0.533. The predicted molar refractivity (Wildman–Crippen MR) is 72.8 cm³/mol. The molecule has 1 aromatic carbocycles. The fourth-order valence-corrected chi connectivity index (χ4v) is 3.24. The monoisotopic (exact) mass is 274 g/mol. The van der Waals surface area contributed by atoms with E-state index in [1.807, 2.05) is 17.0 Å². The number of carbonyl (C=O) groups excluding carboxylic acids is 1. The zero-order valence-electron chi connectivity index (χ0n) is 11.6. The highest BCUT2D eigenvalue weighted by Gasteiger charge is 2.58. The molecule has 5 heteroatoms. The molecule has 1 aliphatic carbocycles. The lowest BCUT2D eigenvalue weighted by atomic mass is 10.0. The van der Waals surface area contributed by atoms with Crippen LogP contribution in [0.2, 0.25) is 0 Å². The summed E-state index contributed by atoms with van der Waals surface area (Å²) in [6, 6.07) is 3.85. The Morgan fingerprint density at radius 3 is 2.75 bits per heavy atom. The maximum Gasteiger partial charge on any atom is 0.256 e. The molecule has 1 spiro atoms. The number of fused-ring (bicyclic) bond motifs is 3. The van der Waals surface area contributed by atoms with Crippen molar-refractivity contribution >= 4 is 5.91 Å². The van der Waals surface area contributed by atoms with E-state index in [4.69, 9.17) is 9.47 Å². The van der Waals surface area contributed by atoms with Crippen LogP contribution in [-0.4, -0.2) is 30.8 Å². The maximum atomic E-state index is 12.6. The van der Waals surface area contributed by atoms with Gasteiger partial charge in [-0.2, -0.15) is 0 Å². The van der Waals surface area contributed by atoms with E-state index >= 15 is 0 Å². The van der Waals surface area contributed by atoms with Gasteiger partial charge in [-0.3, -0.25) is 10.1 Å². The van der Waals surface area contributed by atoms with Gasteiger partial charge in [0.1, 0.15) is 0 Å². The lowest BCUT2D eigenvalue weighted by Gasteiger charge is -2.25. The van der Waals surface area contributed by atoms with Crippen molar-refractivity contribution in [1.82, 2.24) is 10.2 Å². The Kier molecular flexibility index (Phi) is 2.48. The fourth-order valence-electron chi connectivity index (χ4n) is 3.24. The summed E-state index contributed by atoms with van der Waals surface area (Å²) in [5, 5.41) is 3.34. The van der Waals surface area contributed by atoms with Crippen molar-refractivity contribution in [2.24, 2.45) is 0 Å². The number of amides is 1. The van der Waals surface area contributed by atoms with E-state index in [0.29, 0.717) is 12.4 Å². The molecule has 4 rings (SSSR count). The molecule has 0 bridgehead atoms. The second kappa shape index (κ2) is 4.12. The van der Waals surface area contributed by atoms with Crippen LogP contribution in [0.25, 0.3) is 0 Å². The van der Waals surface area contributed by atoms with Crippen molar-refractivity contribution in [3.05, 3.63) is 23.3 Å². The third-order valence-electron chi connectivity index (χ3n) is 4.43. The quantitative estimate of drug-likeness (QED) is 0.851. The van der Waals surface area contributed by atoms with E-state index < -0.39 is 0 Å². The summed E-state index contributed by atoms with van der Waals surface area (Å²) in [5.74, 6) is 1.57. The molecule has 1 fully saturated rings. The zero-order valence-corrected chi connectivity index (χ0v) is 11.6. The first-order valence-corrected chi connectivity index (χ1v) is 7.23. The van der Waals surface area contributed by atoms with Crippen molar-refractivity contribution in [3.63, 3.8) is 0 Å². The molecular weight excluding hydrogens is 256 g/mol. The number of carbonyl (C=O) groups is 1. The molecule has 2 aliphatic heterocycles. The van der Waals surface area contributed by atoms with Crippen LogP contribution in [0.15, 0.2) is 12.1 Å². The summed E-state index contributed by atoms with van der Waals surface area (Å²) in [5.41, 5.74) is 1.81. The van der Waals surface area contributed by atoms with Gasteiger partial charge in [0.25, 0.3) is 5.91 Å². The minimum absolute atomic E-state index is 0.0891. The number of nitrogens with one attached hydrogen (secondary N) is 1. The minimum atomic E-state index is -0.0891. The average Bonchev–Trinajstić information content (AvgIpc) is 3.06. The molecule has 0 unspecified atom stereocenters. The second-order valence-electron chi connectivity index (χ2n) is 5.67. The number of ether oxygens (including phenoxy) is 2. The van der Waals surface area contributed by atoms with Crippen LogP contribution in [0.3, 0.4) is 0 Å². The smallest absolute Gasteiger partial charge is 0.256 e. The van der Waals surface area contributed by atoms with Gasteiger partial charge in [-0.15, -0.1) is 0 Å². The first-order chi connectivity index (χ1) is 9.76. The maximum absolute atomic E-state index is 12.6. The third kappa shape index (κ3) is 1.50. The molecule has 1 N–H and O–H groups in total. The molecule has 0 aromatic heterocycles. The Labute approximate surface area is 117 Å². The number of rotatable bonds is 4. The molecular formula is C15H18N2O3. The molecule has 5 nitrogen and oxygen atoms in total. The predicted octanol–water partition coefficient (Wildman–Crippen LogP) is 1.82. The first-order valence-electron chi connectivity index (χ1n) is 7.23. The standard InChI is InChI=1S/C15H18N2O3/c1-2-5-16-8-17-14(18)10-6-12-13(20-9-19-12)7-11(10)15(17)3-4-15/h6-7,16H,2-5,8-9H2,1H3. The summed E-state index contributed by atoms with van der Waals surface area (Å²) in [4.78, 5) is 14.6. The Balaban J connectivity index is 1.69. The molecule has 0 radical (unpaired) electrons. The molecule has 106 valence electrons. The van der Waals surface area contributed by atoms with Crippen LogP contribution < -0.4 is 14.8 Å². The van der Waals surface area contributed by atoms with E-state index in [0.717, 1.165) is 42.7 Å². The molecule has 20 heavy (non-hydrogen) atoms. The zero-order chi connectivity index (χ0) is 13.7. The first kappa shape index (κ1) is 12.0. The molecule has 0 atom stereocenters. The Morgan fingerprint density at radius 2 is 2.05 bits per heavy atom. The van der Waals surface area contributed by atoms with Crippen molar-refractivity contribution in [3.8, 4) is 11.5 Å². The Morgan fingerprint density at radius 1 is 1.30 bits per heavy atom. The lowest BCUT2D eigenvalue weighted by molar-refractivity contribution is 0.0681. The van der Waals surface area contributed by atoms with Crippen LogP contribution in [0.1, 0.15) is 42.1 Å². The molecule has 3 aliphatic rings. The van der Waals surface area contributed by atoms with Crippen molar-refractivity contribution in [1.29, 1.82) is 0 Å². The number of hydrogen-bond acceptors (Lipinski definition) is 4. The lowest BCUT2D eigenvalue weighted by Crippen LogP contribution is -2.41. The summed E-state index contributed by atoms with van der Waals surface area (Å²) < 4.78 is 10.8. The highest BCUT2D eigenvalue weighted by molar-refractivity contribution is 6.01. The summed E-state index contributed by atoms with van der Waals surface area (Å²) >= 11 is 0. The third-order valence-corrected chi connectivity index (χ3v) is 4.43. The van der Waals surface area contributed by atoms with Crippen molar-refractivity contribution < 1.29 is 14.3 Å². The van der Waals surface area contributed by atoms with Gasteiger partial charge in [0.15, 0.2) is 11.5 Å². The van der Waals surface area contributed by atoms with Crippen LogP contribution in [0.5, 0.6) is 11.5 Å². The molecule has 0 saturated heterocycles. The highest BCUT2D eigenvalue weighted by Crippen LogP contribution is 2.58. The minimum Gasteiger partial charge on any atom is -0.454 e. The van der Waals surface area contributed by atoms with Gasteiger partial charge in [0.05, 0.1) is 12.2 Å². The SMILES string of the molecule is CCCNCN1C(=O)c2cc3c(cc2C12CC2)OCO3.